The van der Waals surface area contributed by atoms with Crippen LogP contribution in [-0.2, 0) is 33.3 Å². The van der Waals surface area contributed by atoms with Crippen molar-refractivity contribution < 1.29 is 52.3 Å². The predicted molar refractivity (Wildman–Crippen MR) is 241 cm³/mol. The summed E-state index contributed by atoms with van der Waals surface area (Å²) in [6.07, 6.45) is 6.22. The first-order valence-corrected chi connectivity index (χ1v) is 21.0. The van der Waals surface area contributed by atoms with E-state index >= 15 is 0 Å². The van der Waals surface area contributed by atoms with E-state index in [-0.39, 0.29) is 52.1 Å². The van der Waals surface area contributed by atoms with Crippen molar-refractivity contribution in [2.75, 3.05) is 116 Å². The van der Waals surface area contributed by atoms with Crippen LogP contribution in [0, 0.1) is 6.92 Å². The second-order valence-corrected chi connectivity index (χ2v) is 16.8. The third kappa shape index (κ3) is 11.6. The number of anilines is 3. The number of likely N-dealkylation sites (N-methyl/N-ethyl adjacent to an activating group) is 1. The zero-order chi connectivity index (χ0) is 45.4. The van der Waals surface area contributed by atoms with Crippen molar-refractivity contribution in [3.05, 3.63) is 94.8 Å². The number of methoxy groups -OCH3 is 2. The lowest BCUT2D eigenvalue weighted by atomic mass is 9.86. The second kappa shape index (κ2) is 20.3. The highest BCUT2D eigenvalue weighted by molar-refractivity contribution is 5.95. The van der Waals surface area contributed by atoms with Crippen LogP contribution in [0.4, 0.5) is 17.1 Å². The minimum absolute atomic E-state index is 0.0190. The van der Waals surface area contributed by atoms with E-state index in [0.717, 1.165) is 28.0 Å². The third-order valence-corrected chi connectivity index (χ3v) is 10.5. The normalized spacial score (nSPS) is 16.6. The molecule has 2 aliphatic heterocycles. The number of benzene rings is 3. The van der Waals surface area contributed by atoms with Crippen LogP contribution in [0.25, 0.3) is 5.57 Å². The molecule has 63 heavy (non-hydrogen) atoms. The Balaban J connectivity index is 1.52. The van der Waals surface area contributed by atoms with E-state index in [1.54, 1.807) is 31.7 Å². The molecule has 15 heteroatoms. The standard InChI is InChI=1S/C48H60N4O11/c1-31-11-16-37-42(23-31)59-21-22-60-43-26-36(47-34-14-12-32(49(5)6)24-40(34)62-41-25-33(50(7)8)13-15-35(41)47)39(61-30-46(55)63-48(2,3)4)27-38(43)52(29-45(54)57-10)18-20-58-19-17-51(37)28-44(53)56-9/h11-16,23-27,32H,17-22,28-30H2,1-10H3. The number of ether oxygens (including phenoxy) is 8. The Labute approximate surface area is 370 Å². The summed E-state index contributed by atoms with van der Waals surface area (Å²) in [5.74, 6) is 1.17. The Morgan fingerprint density at radius 3 is 2.03 bits per heavy atom. The monoisotopic (exact) mass is 868 g/mol. The number of allylic oxidation sites excluding steroid dienone is 1. The van der Waals surface area contributed by atoms with Gasteiger partial charge in [-0.1, -0.05) is 18.2 Å². The lowest BCUT2D eigenvalue weighted by molar-refractivity contribution is -0.157. The average Bonchev–Trinajstić information content (AvgIpc) is 3.24. The Kier molecular flexibility index (Phi) is 14.9. The molecule has 0 fully saturated rings. The first-order valence-electron chi connectivity index (χ1n) is 21.0. The summed E-state index contributed by atoms with van der Waals surface area (Å²) in [5.41, 5.74) is 5.38. The summed E-state index contributed by atoms with van der Waals surface area (Å²) < 4.78 is 48.2. The van der Waals surface area contributed by atoms with Crippen molar-refractivity contribution >= 4 is 40.5 Å². The van der Waals surface area contributed by atoms with Crippen molar-refractivity contribution in [2.24, 2.45) is 0 Å². The summed E-state index contributed by atoms with van der Waals surface area (Å²) in [7, 11) is 10.6. The van der Waals surface area contributed by atoms with E-state index in [1.807, 2.05) is 93.5 Å². The molecule has 1 atom stereocenters. The van der Waals surface area contributed by atoms with Crippen molar-refractivity contribution in [3.63, 3.8) is 0 Å². The maximum Gasteiger partial charge on any atom is 0.344 e. The molecule has 3 aromatic carbocycles. The van der Waals surface area contributed by atoms with E-state index in [9.17, 15) is 14.4 Å². The molecule has 0 saturated carbocycles. The maximum absolute atomic E-state index is 13.3. The topological polar surface area (TPSA) is 138 Å². The van der Waals surface area contributed by atoms with E-state index in [0.29, 0.717) is 52.2 Å². The van der Waals surface area contributed by atoms with Gasteiger partial charge >= 0.3 is 17.9 Å². The molecule has 0 bridgehead atoms. The van der Waals surface area contributed by atoms with Crippen LogP contribution in [0.2, 0.25) is 0 Å². The smallest absolute Gasteiger partial charge is 0.344 e. The number of carbonyl (C=O) groups excluding carboxylic acids is 3. The summed E-state index contributed by atoms with van der Waals surface area (Å²) in [6.45, 7) is 8.02. The number of hydrogen-bond donors (Lipinski definition) is 0. The van der Waals surface area contributed by atoms with Gasteiger partial charge in [-0.3, -0.25) is 14.5 Å². The van der Waals surface area contributed by atoms with Gasteiger partial charge in [0.15, 0.2) is 6.61 Å². The van der Waals surface area contributed by atoms with Gasteiger partial charge in [0.25, 0.3) is 0 Å². The molecule has 1 unspecified atom stereocenters. The quantitative estimate of drug-likeness (QED) is 0.179. The molecule has 0 N–H and O–H groups in total. The minimum Gasteiger partial charge on any atom is -0.488 e. The van der Waals surface area contributed by atoms with Crippen molar-refractivity contribution in [3.8, 4) is 23.0 Å². The van der Waals surface area contributed by atoms with Gasteiger partial charge in [0.05, 0.1) is 38.8 Å². The van der Waals surface area contributed by atoms with Gasteiger partial charge in [-0.25, -0.2) is 4.79 Å². The molecule has 1 aliphatic carbocycles. The predicted octanol–water partition coefficient (Wildman–Crippen LogP) is 5.81. The third-order valence-electron chi connectivity index (χ3n) is 10.5. The number of fused-ring (bicyclic) bond motifs is 4. The molecule has 3 aliphatic rings. The number of carbonyl (C=O) groups is 3. The van der Waals surface area contributed by atoms with Gasteiger partial charge in [-0.05, 0) is 83.8 Å². The van der Waals surface area contributed by atoms with Gasteiger partial charge in [0.2, 0.25) is 0 Å². The van der Waals surface area contributed by atoms with Crippen LogP contribution >= 0.6 is 0 Å². The minimum atomic E-state index is -0.744. The van der Waals surface area contributed by atoms with Gasteiger partial charge in [-0.2, -0.15) is 0 Å². The summed E-state index contributed by atoms with van der Waals surface area (Å²) in [4.78, 5) is 46.6. The molecule has 6 rings (SSSR count). The van der Waals surface area contributed by atoms with E-state index < -0.39 is 30.1 Å². The van der Waals surface area contributed by atoms with Crippen LogP contribution in [0.3, 0.4) is 0 Å². The molecule has 15 nitrogen and oxygen atoms in total. The second-order valence-electron chi connectivity index (χ2n) is 16.8. The molecular weight excluding hydrogens is 809 g/mol. The van der Waals surface area contributed by atoms with E-state index in [1.165, 1.54) is 14.2 Å². The summed E-state index contributed by atoms with van der Waals surface area (Å²) in [5, 5.41) is 0. The Morgan fingerprint density at radius 2 is 1.41 bits per heavy atom. The zero-order valence-corrected chi connectivity index (χ0v) is 38.1. The molecule has 0 saturated heterocycles. The van der Waals surface area contributed by atoms with E-state index in [4.69, 9.17) is 37.9 Å². The van der Waals surface area contributed by atoms with Crippen molar-refractivity contribution in [1.29, 1.82) is 0 Å². The molecule has 2 heterocycles. The number of nitrogens with zero attached hydrogens (tertiary/aromatic N) is 4. The molecule has 338 valence electrons. The SMILES string of the molecule is COC(=O)CN1CCOCCN(CC(=O)OC)c2cc(OCC(=O)OC(C)(C)C)c(C3=C4C=CC(N(C)C)C=C4Oc4cc(N(C)C)ccc43)cc2OCCOc2cc(C)ccc21. The Morgan fingerprint density at radius 1 is 0.762 bits per heavy atom. The number of hydrogen-bond acceptors (Lipinski definition) is 15. The molecular formula is C48H60N4O11. The highest BCUT2D eigenvalue weighted by atomic mass is 16.6. The highest BCUT2D eigenvalue weighted by Gasteiger charge is 2.32. The van der Waals surface area contributed by atoms with Crippen LogP contribution in [0.5, 0.6) is 23.0 Å². The van der Waals surface area contributed by atoms with Gasteiger partial charge in [0.1, 0.15) is 60.7 Å². The fraction of sp³-hybridized carbons (Fsp3) is 0.438. The van der Waals surface area contributed by atoms with Gasteiger partial charge in [-0.15, -0.1) is 0 Å². The summed E-state index contributed by atoms with van der Waals surface area (Å²) >= 11 is 0. The number of aryl methyl sites for hydroxylation is 1. The molecule has 0 aromatic heterocycles. The van der Waals surface area contributed by atoms with Crippen molar-refractivity contribution in [2.45, 2.75) is 39.3 Å². The highest BCUT2D eigenvalue weighted by Crippen LogP contribution is 2.49. The zero-order valence-electron chi connectivity index (χ0n) is 38.1. The largest absolute Gasteiger partial charge is 0.488 e. The number of rotatable bonds is 10. The first-order chi connectivity index (χ1) is 30.0. The fourth-order valence-electron chi connectivity index (χ4n) is 7.33. The van der Waals surface area contributed by atoms with Gasteiger partial charge < -0.3 is 52.6 Å². The molecule has 0 spiro atoms. The van der Waals surface area contributed by atoms with Crippen LogP contribution < -0.4 is 33.6 Å². The van der Waals surface area contributed by atoms with Gasteiger partial charge in [0, 0.05) is 73.3 Å². The lowest BCUT2D eigenvalue weighted by Gasteiger charge is -2.32. The average molecular weight is 869 g/mol. The van der Waals surface area contributed by atoms with Crippen molar-refractivity contribution in [1.82, 2.24) is 4.90 Å². The van der Waals surface area contributed by atoms with Crippen LogP contribution in [0.1, 0.15) is 37.5 Å². The molecule has 3 aromatic rings. The first kappa shape index (κ1) is 46.3. The number of esters is 3. The van der Waals surface area contributed by atoms with Crippen LogP contribution in [-0.4, -0.2) is 136 Å². The summed E-state index contributed by atoms with van der Waals surface area (Å²) in [6, 6.07) is 15.4. The lowest BCUT2D eigenvalue weighted by Crippen LogP contribution is -2.36. The fourth-order valence-corrected chi connectivity index (χ4v) is 7.33. The molecule has 0 radical (unpaired) electrons. The molecule has 0 amide bonds. The Hall–Kier alpha value is -6.19. The van der Waals surface area contributed by atoms with E-state index in [2.05, 4.69) is 17.1 Å². The maximum atomic E-state index is 13.3. The Bertz CT molecular complexity index is 2260. The van der Waals surface area contributed by atoms with Crippen LogP contribution in [0.15, 0.2) is 78.1 Å².